The molecule has 3 rings (SSSR count). The van der Waals surface area contributed by atoms with Crippen molar-refractivity contribution in [3.05, 3.63) is 77.9 Å². The van der Waals surface area contributed by atoms with Gasteiger partial charge in [0.25, 0.3) is 5.91 Å². The Morgan fingerprint density at radius 3 is 2.67 bits per heavy atom. The number of nitrogens with one attached hydrogen (secondary N) is 1. The van der Waals surface area contributed by atoms with Crippen LogP contribution in [-0.4, -0.2) is 15.9 Å². The van der Waals surface area contributed by atoms with E-state index in [1.807, 2.05) is 50.2 Å². The van der Waals surface area contributed by atoms with Crippen LogP contribution in [0.25, 0.3) is 0 Å². The fraction of sp³-hybridized carbons (Fsp3) is 0.105. The van der Waals surface area contributed by atoms with E-state index in [2.05, 4.69) is 15.3 Å². The van der Waals surface area contributed by atoms with Crippen LogP contribution in [0.5, 0.6) is 11.5 Å². The summed E-state index contributed by atoms with van der Waals surface area (Å²) >= 11 is 0. The first-order chi connectivity index (χ1) is 11.6. The molecule has 1 N–H and O–H groups in total. The lowest BCUT2D eigenvalue weighted by molar-refractivity contribution is 0.102. The number of pyridine rings is 2. The highest BCUT2D eigenvalue weighted by molar-refractivity contribution is 6.02. The van der Waals surface area contributed by atoms with Crippen LogP contribution in [0.3, 0.4) is 0 Å². The molecule has 0 aliphatic heterocycles. The highest BCUT2D eigenvalue weighted by Crippen LogP contribution is 2.26. The number of hydrogen-bond acceptors (Lipinski definition) is 4. The van der Waals surface area contributed by atoms with Crippen molar-refractivity contribution in [3.63, 3.8) is 0 Å². The number of aromatic nitrogens is 2. The predicted molar refractivity (Wildman–Crippen MR) is 92.4 cm³/mol. The first-order valence-corrected chi connectivity index (χ1v) is 7.55. The average Bonchev–Trinajstić information content (AvgIpc) is 2.58. The van der Waals surface area contributed by atoms with Gasteiger partial charge in [0.1, 0.15) is 17.2 Å². The molecule has 24 heavy (non-hydrogen) atoms. The lowest BCUT2D eigenvalue weighted by atomic mass is 10.2. The normalized spacial score (nSPS) is 10.2. The van der Waals surface area contributed by atoms with E-state index in [-0.39, 0.29) is 5.91 Å². The molecule has 0 spiro atoms. The van der Waals surface area contributed by atoms with Gasteiger partial charge >= 0.3 is 0 Å². The molecule has 0 atom stereocenters. The number of benzene rings is 1. The molecule has 0 fully saturated rings. The third kappa shape index (κ3) is 3.76. The van der Waals surface area contributed by atoms with Crippen molar-refractivity contribution in [2.45, 2.75) is 13.8 Å². The summed E-state index contributed by atoms with van der Waals surface area (Å²) in [5.74, 6) is 1.15. The maximum absolute atomic E-state index is 12.2. The summed E-state index contributed by atoms with van der Waals surface area (Å²) in [5.41, 5.74) is 2.80. The van der Waals surface area contributed by atoms with Crippen LogP contribution in [-0.2, 0) is 0 Å². The van der Waals surface area contributed by atoms with Crippen molar-refractivity contribution < 1.29 is 9.53 Å². The van der Waals surface area contributed by atoms with Crippen molar-refractivity contribution in [2.75, 3.05) is 5.32 Å². The zero-order valence-corrected chi connectivity index (χ0v) is 13.5. The number of nitrogens with zero attached hydrogens (tertiary/aromatic N) is 2. The van der Waals surface area contributed by atoms with Crippen LogP contribution in [0.15, 0.2) is 60.9 Å². The summed E-state index contributed by atoms with van der Waals surface area (Å²) in [5, 5.41) is 2.85. The molecular formula is C19H17N3O2. The Kier molecular flexibility index (Phi) is 4.52. The molecular weight excluding hydrogens is 302 g/mol. The summed E-state index contributed by atoms with van der Waals surface area (Å²) in [4.78, 5) is 20.5. The van der Waals surface area contributed by atoms with E-state index in [9.17, 15) is 4.79 Å². The van der Waals surface area contributed by atoms with Crippen LogP contribution in [0.4, 0.5) is 5.69 Å². The van der Waals surface area contributed by atoms with E-state index in [0.29, 0.717) is 17.1 Å². The number of aryl methyl sites for hydroxylation is 2. The van der Waals surface area contributed by atoms with Gasteiger partial charge in [0.15, 0.2) is 0 Å². The summed E-state index contributed by atoms with van der Waals surface area (Å²) in [7, 11) is 0. The topological polar surface area (TPSA) is 64.1 Å². The second-order valence-corrected chi connectivity index (χ2v) is 5.39. The number of carbonyl (C=O) groups is 1. The van der Waals surface area contributed by atoms with Gasteiger partial charge in [-0.15, -0.1) is 0 Å². The Morgan fingerprint density at radius 2 is 1.96 bits per heavy atom. The summed E-state index contributed by atoms with van der Waals surface area (Å²) in [6.07, 6.45) is 3.34. The van der Waals surface area contributed by atoms with Gasteiger partial charge in [-0.3, -0.25) is 9.78 Å². The van der Waals surface area contributed by atoms with E-state index in [0.717, 1.165) is 17.0 Å². The van der Waals surface area contributed by atoms with E-state index in [1.54, 1.807) is 24.5 Å². The minimum absolute atomic E-state index is 0.237. The summed E-state index contributed by atoms with van der Waals surface area (Å²) in [6.45, 7) is 3.78. The van der Waals surface area contributed by atoms with E-state index >= 15 is 0 Å². The molecule has 1 aromatic carbocycles. The SMILES string of the molecule is Cc1cccc(C(=O)Nc2ccc(Oc3cccnc3)c(C)c2)n1. The fourth-order valence-corrected chi connectivity index (χ4v) is 2.24. The second-order valence-electron chi connectivity index (χ2n) is 5.39. The molecule has 2 heterocycles. The van der Waals surface area contributed by atoms with Crippen molar-refractivity contribution in [1.82, 2.24) is 9.97 Å². The van der Waals surface area contributed by atoms with Crippen LogP contribution < -0.4 is 10.1 Å². The quantitative estimate of drug-likeness (QED) is 0.785. The van der Waals surface area contributed by atoms with E-state index in [4.69, 9.17) is 4.74 Å². The van der Waals surface area contributed by atoms with Gasteiger partial charge in [-0.2, -0.15) is 0 Å². The van der Waals surface area contributed by atoms with E-state index < -0.39 is 0 Å². The molecule has 1 amide bonds. The van der Waals surface area contributed by atoms with Gasteiger partial charge in [0.05, 0.1) is 6.20 Å². The summed E-state index contributed by atoms with van der Waals surface area (Å²) < 4.78 is 5.78. The predicted octanol–water partition coefficient (Wildman–Crippen LogP) is 4.14. The van der Waals surface area contributed by atoms with Gasteiger partial charge in [0.2, 0.25) is 0 Å². The zero-order valence-electron chi connectivity index (χ0n) is 13.5. The minimum Gasteiger partial charge on any atom is -0.455 e. The van der Waals surface area contributed by atoms with Crippen molar-refractivity contribution in [3.8, 4) is 11.5 Å². The minimum atomic E-state index is -0.237. The molecule has 0 aliphatic rings. The molecule has 0 unspecified atom stereocenters. The van der Waals surface area contributed by atoms with Crippen molar-refractivity contribution in [2.24, 2.45) is 0 Å². The smallest absolute Gasteiger partial charge is 0.274 e. The standard InChI is InChI=1S/C19H17N3O2/c1-13-11-15(22-19(23)17-7-3-5-14(2)21-17)8-9-18(13)24-16-6-4-10-20-12-16/h3-12H,1-2H3,(H,22,23). The molecule has 5 heteroatoms. The molecule has 0 radical (unpaired) electrons. The van der Waals surface area contributed by atoms with Gasteiger partial charge in [-0.25, -0.2) is 4.98 Å². The fourth-order valence-electron chi connectivity index (χ4n) is 2.24. The average molecular weight is 319 g/mol. The first-order valence-electron chi connectivity index (χ1n) is 7.55. The number of rotatable bonds is 4. The molecule has 5 nitrogen and oxygen atoms in total. The maximum atomic E-state index is 12.2. The lowest BCUT2D eigenvalue weighted by Crippen LogP contribution is -2.14. The van der Waals surface area contributed by atoms with Crippen LogP contribution >= 0.6 is 0 Å². The largest absolute Gasteiger partial charge is 0.455 e. The van der Waals surface area contributed by atoms with Crippen molar-refractivity contribution >= 4 is 11.6 Å². The Labute approximate surface area is 140 Å². The number of ether oxygens (including phenoxy) is 1. The Bertz CT molecular complexity index is 863. The molecule has 0 bridgehead atoms. The molecule has 0 saturated heterocycles. The zero-order chi connectivity index (χ0) is 16.9. The third-order valence-electron chi connectivity index (χ3n) is 3.42. The molecule has 120 valence electrons. The number of anilines is 1. The van der Waals surface area contributed by atoms with Gasteiger partial charge < -0.3 is 10.1 Å². The van der Waals surface area contributed by atoms with Gasteiger partial charge in [0, 0.05) is 17.6 Å². The highest BCUT2D eigenvalue weighted by atomic mass is 16.5. The lowest BCUT2D eigenvalue weighted by Gasteiger charge is -2.11. The van der Waals surface area contributed by atoms with Crippen LogP contribution in [0.1, 0.15) is 21.7 Å². The number of amides is 1. The van der Waals surface area contributed by atoms with E-state index in [1.165, 1.54) is 0 Å². The maximum Gasteiger partial charge on any atom is 0.274 e. The van der Waals surface area contributed by atoms with Crippen LogP contribution in [0, 0.1) is 13.8 Å². The van der Waals surface area contributed by atoms with Crippen LogP contribution in [0.2, 0.25) is 0 Å². The Hall–Kier alpha value is -3.21. The number of carbonyl (C=O) groups excluding carboxylic acids is 1. The Morgan fingerprint density at radius 1 is 1.08 bits per heavy atom. The molecule has 3 aromatic rings. The van der Waals surface area contributed by atoms with Gasteiger partial charge in [-0.1, -0.05) is 6.07 Å². The first kappa shape index (κ1) is 15.7. The number of hydrogen-bond donors (Lipinski definition) is 1. The second kappa shape index (κ2) is 6.91. The monoisotopic (exact) mass is 319 g/mol. The van der Waals surface area contributed by atoms with Gasteiger partial charge in [-0.05, 0) is 61.9 Å². The summed E-state index contributed by atoms with van der Waals surface area (Å²) in [6, 6.07) is 14.5. The Balaban J connectivity index is 1.74. The van der Waals surface area contributed by atoms with Crippen molar-refractivity contribution in [1.29, 1.82) is 0 Å². The molecule has 0 saturated carbocycles. The highest BCUT2D eigenvalue weighted by Gasteiger charge is 2.09. The molecule has 0 aliphatic carbocycles. The third-order valence-corrected chi connectivity index (χ3v) is 3.42. The molecule has 2 aromatic heterocycles.